The van der Waals surface area contributed by atoms with E-state index in [2.05, 4.69) is 21.7 Å². The number of hydrogen-bond donors (Lipinski definition) is 2. The van der Waals surface area contributed by atoms with Crippen LogP contribution >= 0.6 is 0 Å². The van der Waals surface area contributed by atoms with E-state index in [1.165, 1.54) is 13.4 Å². The molecule has 2 aliphatic carbocycles. The van der Waals surface area contributed by atoms with Crippen LogP contribution in [0, 0.1) is 0 Å². The summed E-state index contributed by atoms with van der Waals surface area (Å²) in [6, 6.07) is 2.40. The van der Waals surface area contributed by atoms with Gasteiger partial charge in [-0.3, -0.25) is 4.79 Å². The van der Waals surface area contributed by atoms with Crippen molar-refractivity contribution >= 4 is 27.2 Å². The van der Waals surface area contributed by atoms with Gasteiger partial charge in [0.05, 0.1) is 30.2 Å². The Bertz CT molecular complexity index is 1320. The number of hydrogen-bond acceptors (Lipinski definition) is 7. The summed E-state index contributed by atoms with van der Waals surface area (Å²) >= 11 is 0. The SMILES string of the molecule is COC(=O)NC1CCC(N2C=C3C=C(CS(C)(=O)=O)c4ccn(C)c(=O)c4C4=C3C2CCN4)CC1. The van der Waals surface area contributed by atoms with Gasteiger partial charge < -0.3 is 24.8 Å². The molecule has 3 heterocycles. The lowest BCUT2D eigenvalue weighted by Gasteiger charge is -2.40. The topological polar surface area (TPSA) is 110 Å². The number of nitrogens with one attached hydrogen (secondary N) is 2. The summed E-state index contributed by atoms with van der Waals surface area (Å²) in [5.74, 6) is -0.125. The molecule has 10 heteroatoms. The number of aryl methyl sites for hydroxylation is 1. The number of pyridine rings is 1. The second-order valence-electron chi connectivity index (χ2n) is 9.95. The zero-order valence-electron chi connectivity index (χ0n) is 20.3. The average molecular weight is 501 g/mol. The molecule has 0 bridgehead atoms. The van der Waals surface area contributed by atoms with Gasteiger partial charge in [-0.05, 0) is 61.0 Å². The van der Waals surface area contributed by atoms with Crippen LogP contribution in [-0.2, 0) is 21.6 Å². The smallest absolute Gasteiger partial charge is 0.407 e. The van der Waals surface area contributed by atoms with Crippen molar-refractivity contribution in [1.29, 1.82) is 0 Å². The molecule has 1 saturated carbocycles. The van der Waals surface area contributed by atoms with Crippen LogP contribution in [-0.4, -0.2) is 67.8 Å². The minimum atomic E-state index is -3.31. The molecule has 0 spiro atoms. The molecule has 9 nitrogen and oxygen atoms in total. The first-order chi connectivity index (χ1) is 16.7. The summed E-state index contributed by atoms with van der Waals surface area (Å²) in [5.41, 5.74) is 4.64. The molecule has 188 valence electrons. The Morgan fingerprint density at radius 3 is 2.66 bits per heavy atom. The molecule has 1 aromatic heterocycles. The second kappa shape index (κ2) is 8.89. The number of ether oxygens (including phenoxy) is 1. The fourth-order valence-corrected chi connectivity index (χ4v) is 6.75. The number of fused-ring (bicyclic) bond motifs is 2. The van der Waals surface area contributed by atoms with Crippen LogP contribution in [0.5, 0.6) is 0 Å². The van der Waals surface area contributed by atoms with Gasteiger partial charge in [0, 0.05) is 49.9 Å². The van der Waals surface area contributed by atoms with E-state index in [0.717, 1.165) is 55.5 Å². The lowest BCUT2D eigenvalue weighted by Crippen LogP contribution is -2.46. The van der Waals surface area contributed by atoms with Crippen molar-refractivity contribution in [2.24, 2.45) is 7.05 Å². The molecule has 1 unspecified atom stereocenters. The number of sulfone groups is 1. The normalized spacial score (nSPS) is 25.6. The van der Waals surface area contributed by atoms with Crippen LogP contribution in [0.4, 0.5) is 4.79 Å². The van der Waals surface area contributed by atoms with E-state index in [4.69, 9.17) is 4.74 Å². The van der Waals surface area contributed by atoms with Crippen molar-refractivity contribution in [3.05, 3.63) is 57.2 Å². The van der Waals surface area contributed by atoms with Crippen molar-refractivity contribution in [2.75, 3.05) is 25.7 Å². The summed E-state index contributed by atoms with van der Waals surface area (Å²) in [6.07, 6.45) is 11.2. The minimum absolute atomic E-state index is 0.110. The van der Waals surface area contributed by atoms with Crippen molar-refractivity contribution in [1.82, 2.24) is 20.1 Å². The molecule has 0 saturated heterocycles. The van der Waals surface area contributed by atoms with Gasteiger partial charge >= 0.3 is 6.09 Å². The average Bonchev–Trinajstić information content (AvgIpc) is 3.12. The standard InChI is InChI=1S/C25H32N4O5S/c1-28-11-9-19-16(14-35(3,32)33)12-15-13-29(18-6-4-17(5-7-18)27-25(31)34-2)20-8-10-26-23(21(15)20)22(19)24(28)30/h9,11-13,17-18,20,26H,4-8,10,14H2,1-3H3,(H,27,31). The third-order valence-corrected chi connectivity index (χ3v) is 8.35. The van der Waals surface area contributed by atoms with Gasteiger partial charge in [-0.25, -0.2) is 13.2 Å². The molecule has 0 aromatic carbocycles. The summed E-state index contributed by atoms with van der Waals surface area (Å²) in [6.45, 7) is 0.735. The number of rotatable bonds is 4. The zero-order chi connectivity index (χ0) is 24.9. The van der Waals surface area contributed by atoms with Gasteiger partial charge in [0.1, 0.15) is 0 Å². The summed E-state index contributed by atoms with van der Waals surface area (Å²) < 4.78 is 30.9. The Balaban J connectivity index is 1.54. The Labute approximate surface area is 205 Å². The highest BCUT2D eigenvalue weighted by Gasteiger charge is 2.41. The molecule has 1 amide bonds. The molecule has 2 N–H and O–H groups in total. The van der Waals surface area contributed by atoms with Crippen molar-refractivity contribution < 1.29 is 17.9 Å². The largest absolute Gasteiger partial charge is 0.453 e. The lowest BCUT2D eigenvalue weighted by molar-refractivity contribution is 0.146. The fraction of sp³-hybridized carbons (Fsp3) is 0.520. The molecule has 5 rings (SSSR count). The number of alkyl carbamates (subject to hydrolysis) is 1. The van der Waals surface area contributed by atoms with Crippen LogP contribution in [0.3, 0.4) is 0 Å². The molecule has 1 fully saturated rings. The number of carbonyl (C=O) groups is 1. The van der Waals surface area contributed by atoms with Gasteiger partial charge in [-0.15, -0.1) is 0 Å². The monoisotopic (exact) mass is 500 g/mol. The van der Waals surface area contributed by atoms with E-state index in [-0.39, 0.29) is 23.4 Å². The van der Waals surface area contributed by atoms with E-state index >= 15 is 0 Å². The lowest BCUT2D eigenvalue weighted by atomic mass is 9.87. The number of amides is 1. The number of nitrogens with zero attached hydrogens (tertiary/aromatic N) is 2. The van der Waals surface area contributed by atoms with Crippen molar-refractivity contribution in [3.8, 4) is 0 Å². The first-order valence-corrected chi connectivity index (χ1v) is 14.1. The quantitative estimate of drug-likeness (QED) is 0.648. The van der Waals surface area contributed by atoms with Crippen LogP contribution in [0.15, 0.2) is 40.5 Å². The molecule has 4 aliphatic rings. The van der Waals surface area contributed by atoms with Crippen LogP contribution in [0.1, 0.15) is 43.2 Å². The maximum absolute atomic E-state index is 13.3. The van der Waals surface area contributed by atoms with E-state index in [0.29, 0.717) is 22.7 Å². The highest BCUT2D eigenvalue weighted by Crippen LogP contribution is 2.44. The maximum atomic E-state index is 13.3. The number of methoxy groups -OCH3 is 1. The molecule has 1 atom stereocenters. The van der Waals surface area contributed by atoms with E-state index in [9.17, 15) is 18.0 Å². The molecule has 1 aromatic rings. The molecule has 2 aliphatic heterocycles. The molecule has 35 heavy (non-hydrogen) atoms. The van der Waals surface area contributed by atoms with Gasteiger partial charge in [-0.1, -0.05) is 0 Å². The Kier molecular flexibility index (Phi) is 6.03. The van der Waals surface area contributed by atoms with Crippen molar-refractivity contribution in [3.63, 3.8) is 0 Å². The molecule has 0 radical (unpaired) electrons. The van der Waals surface area contributed by atoms with Gasteiger partial charge in [0.25, 0.3) is 5.56 Å². The Morgan fingerprint density at radius 1 is 1.23 bits per heavy atom. The first kappa shape index (κ1) is 23.7. The van der Waals surface area contributed by atoms with E-state index in [1.54, 1.807) is 17.8 Å². The highest BCUT2D eigenvalue weighted by molar-refractivity contribution is 7.91. The van der Waals surface area contributed by atoms with Crippen LogP contribution in [0.25, 0.3) is 11.3 Å². The molecular weight excluding hydrogens is 468 g/mol. The number of carbonyl (C=O) groups excluding carboxylic acids is 1. The summed E-state index contributed by atoms with van der Waals surface area (Å²) in [5, 5.41) is 6.40. The third-order valence-electron chi connectivity index (χ3n) is 7.52. The fourth-order valence-electron chi connectivity index (χ4n) is 5.94. The van der Waals surface area contributed by atoms with Gasteiger partial charge in [0.2, 0.25) is 0 Å². The highest BCUT2D eigenvalue weighted by atomic mass is 32.2. The van der Waals surface area contributed by atoms with E-state index < -0.39 is 15.9 Å². The van der Waals surface area contributed by atoms with Gasteiger partial charge in [-0.2, -0.15) is 0 Å². The molecular formula is C25H32N4O5S. The minimum Gasteiger partial charge on any atom is -0.453 e. The van der Waals surface area contributed by atoms with Gasteiger partial charge in [0.15, 0.2) is 9.84 Å². The van der Waals surface area contributed by atoms with Crippen LogP contribution in [0.2, 0.25) is 0 Å². The predicted octanol–water partition coefficient (Wildman–Crippen LogP) is 1.77. The predicted molar refractivity (Wildman–Crippen MR) is 134 cm³/mol. The second-order valence-corrected chi connectivity index (χ2v) is 12.1. The Morgan fingerprint density at radius 2 is 1.97 bits per heavy atom. The van der Waals surface area contributed by atoms with E-state index in [1.807, 2.05) is 12.1 Å². The summed E-state index contributed by atoms with van der Waals surface area (Å²) in [4.78, 5) is 27.3. The Hall–Kier alpha value is -3.01. The maximum Gasteiger partial charge on any atom is 0.407 e. The summed E-state index contributed by atoms with van der Waals surface area (Å²) in [7, 11) is -0.215. The third kappa shape index (κ3) is 4.39. The van der Waals surface area contributed by atoms with Crippen LogP contribution < -0.4 is 16.2 Å². The number of aromatic nitrogens is 1. The van der Waals surface area contributed by atoms with Crippen molar-refractivity contribution in [2.45, 2.75) is 50.2 Å². The zero-order valence-corrected chi connectivity index (χ0v) is 21.2. The first-order valence-electron chi connectivity index (χ1n) is 12.1. The number of allylic oxidation sites excluding steroid dienone is 1.